The zero-order chi connectivity index (χ0) is 20.8. The molecule has 0 aromatic heterocycles. The fourth-order valence-electron chi connectivity index (χ4n) is 3.25. The van der Waals surface area contributed by atoms with E-state index in [1.165, 1.54) is 4.90 Å². The Kier molecular flexibility index (Phi) is 7.39. The van der Waals surface area contributed by atoms with E-state index in [9.17, 15) is 19.5 Å². The number of carboxylic acids is 1. The van der Waals surface area contributed by atoms with Crippen LogP contribution in [0.25, 0.3) is 0 Å². The van der Waals surface area contributed by atoms with Gasteiger partial charge in [-0.05, 0) is 18.6 Å². The molecule has 2 aromatic rings. The van der Waals surface area contributed by atoms with Crippen molar-refractivity contribution in [1.29, 1.82) is 0 Å². The monoisotopic (exact) mass is 428 g/mol. The number of carbonyl (C=O) groups excluding carboxylic acids is 3. The molecular weight excluding hydrogens is 406 g/mol. The first kappa shape index (κ1) is 21.5. The number of likely N-dealkylation sites (tertiary alicyclic amines) is 1. The van der Waals surface area contributed by atoms with E-state index in [0.29, 0.717) is 24.3 Å². The van der Waals surface area contributed by atoms with Crippen LogP contribution in [-0.2, 0) is 9.59 Å². The van der Waals surface area contributed by atoms with Gasteiger partial charge in [-0.1, -0.05) is 67.2 Å². The van der Waals surface area contributed by atoms with E-state index >= 15 is 0 Å². The van der Waals surface area contributed by atoms with Crippen molar-refractivity contribution >= 4 is 40.5 Å². The van der Waals surface area contributed by atoms with Crippen LogP contribution in [0.2, 0.25) is 0 Å². The van der Waals surface area contributed by atoms with Crippen LogP contribution in [-0.4, -0.2) is 45.5 Å². The largest absolute Gasteiger partial charge is 0.548 e. The van der Waals surface area contributed by atoms with Crippen LogP contribution >= 0.6 is 23.5 Å². The van der Waals surface area contributed by atoms with E-state index in [4.69, 9.17) is 0 Å². The Balaban J connectivity index is 1.59. The molecule has 3 rings (SSSR count). The number of rotatable bonds is 7. The van der Waals surface area contributed by atoms with Crippen molar-refractivity contribution in [1.82, 2.24) is 4.90 Å². The molecule has 1 unspecified atom stereocenters. The highest BCUT2D eigenvalue weighted by Gasteiger charge is 2.38. The van der Waals surface area contributed by atoms with Gasteiger partial charge in [0.05, 0.1) is 12.0 Å². The Labute approximate surface area is 178 Å². The number of carboxylic acid groups (broad SMARTS) is 1. The highest BCUT2D eigenvalue weighted by molar-refractivity contribution is 8.14. The quantitative estimate of drug-likeness (QED) is 0.675. The third-order valence-electron chi connectivity index (χ3n) is 4.76. The summed E-state index contributed by atoms with van der Waals surface area (Å²) < 4.78 is 0. The predicted molar refractivity (Wildman–Crippen MR) is 114 cm³/mol. The second-order valence-electron chi connectivity index (χ2n) is 6.98. The van der Waals surface area contributed by atoms with Crippen molar-refractivity contribution in [3.8, 4) is 0 Å². The molecule has 0 saturated carbocycles. The SMILES string of the molecule is C[C@H](CSC(=O)c1ccccc1)C(=O)N1C[C@@H](Sc2ccccc2)CC1C(=O)[O-]. The molecule has 0 spiro atoms. The minimum atomic E-state index is -1.23. The summed E-state index contributed by atoms with van der Waals surface area (Å²) in [5, 5.41) is 11.5. The second kappa shape index (κ2) is 9.98. The Morgan fingerprint density at radius 3 is 2.31 bits per heavy atom. The smallest absolute Gasteiger partial charge is 0.226 e. The first-order chi connectivity index (χ1) is 14.0. The first-order valence-corrected chi connectivity index (χ1v) is 11.3. The number of nitrogens with zero attached hydrogens (tertiary/aromatic N) is 1. The first-order valence-electron chi connectivity index (χ1n) is 9.41. The lowest BCUT2D eigenvalue weighted by Crippen LogP contribution is -2.48. The van der Waals surface area contributed by atoms with Gasteiger partial charge in [0, 0.05) is 33.9 Å². The van der Waals surface area contributed by atoms with Gasteiger partial charge in [-0.3, -0.25) is 9.59 Å². The van der Waals surface area contributed by atoms with Crippen LogP contribution in [0.15, 0.2) is 65.6 Å². The van der Waals surface area contributed by atoms with Crippen LogP contribution in [0.4, 0.5) is 0 Å². The molecule has 2 aromatic carbocycles. The van der Waals surface area contributed by atoms with Crippen LogP contribution < -0.4 is 5.11 Å². The Morgan fingerprint density at radius 2 is 1.69 bits per heavy atom. The molecule has 1 fully saturated rings. The van der Waals surface area contributed by atoms with Crippen molar-refractivity contribution in [3.05, 3.63) is 66.2 Å². The van der Waals surface area contributed by atoms with Crippen LogP contribution in [0.3, 0.4) is 0 Å². The van der Waals surface area contributed by atoms with E-state index < -0.39 is 17.9 Å². The van der Waals surface area contributed by atoms with Crippen molar-refractivity contribution in [2.75, 3.05) is 12.3 Å². The molecule has 0 radical (unpaired) electrons. The van der Waals surface area contributed by atoms with Gasteiger partial charge in [0.15, 0.2) is 0 Å². The highest BCUT2D eigenvalue weighted by Crippen LogP contribution is 2.33. The van der Waals surface area contributed by atoms with Gasteiger partial charge in [0.2, 0.25) is 11.0 Å². The van der Waals surface area contributed by atoms with Crippen molar-refractivity contribution in [2.24, 2.45) is 5.92 Å². The standard InChI is InChI=1S/C22H23NO4S2/c1-15(14-28-22(27)16-8-4-2-5-9-16)20(24)23-13-18(12-19(23)21(25)26)29-17-10-6-3-7-11-17/h2-11,15,18-19H,12-14H2,1H3,(H,25,26)/p-1/t15-,18+,19?/m1/s1. The average Bonchev–Trinajstić information content (AvgIpc) is 3.16. The molecule has 0 N–H and O–H groups in total. The van der Waals surface area contributed by atoms with Gasteiger partial charge in [0.25, 0.3) is 0 Å². The molecule has 3 atom stereocenters. The maximum atomic E-state index is 12.9. The maximum Gasteiger partial charge on any atom is 0.226 e. The fraction of sp³-hybridized carbons (Fsp3) is 0.318. The summed E-state index contributed by atoms with van der Waals surface area (Å²) in [7, 11) is 0. The van der Waals surface area contributed by atoms with E-state index in [1.54, 1.807) is 43.0 Å². The summed E-state index contributed by atoms with van der Waals surface area (Å²) in [4.78, 5) is 39.2. The van der Waals surface area contributed by atoms with E-state index in [2.05, 4.69) is 0 Å². The lowest BCUT2D eigenvalue weighted by molar-refractivity contribution is -0.310. The summed E-state index contributed by atoms with van der Waals surface area (Å²) in [5.74, 6) is -1.63. The third-order valence-corrected chi connectivity index (χ3v) is 7.14. The summed E-state index contributed by atoms with van der Waals surface area (Å²) >= 11 is 2.66. The summed E-state index contributed by atoms with van der Waals surface area (Å²) in [6.07, 6.45) is 0.358. The van der Waals surface area contributed by atoms with Gasteiger partial charge in [-0.2, -0.15) is 0 Å². The van der Waals surface area contributed by atoms with Gasteiger partial charge >= 0.3 is 0 Å². The lowest BCUT2D eigenvalue weighted by Gasteiger charge is -2.27. The minimum Gasteiger partial charge on any atom is -0.548 e. The summed E-state index contributed by atoms with van der Waals surface area (Å²) in [6, 6.07) is 17.7. The van der Waals surface area contributed by atoms with Crippen LogP contribution in [0, 0.1) is 5.92 Å². The molecule has 1 saturated heterocycles. The Morgan fingerprint density at radius 1 is 1.07 bits per heavy atom. The number of benzene rings is 2. The molecule has 29 heavy (non-hydrogen) atoms. The molecule has 7 heteroatoms. The lowest BCUT2D eigenvalue weighted by atomic mass is 10.1. The molecule has 5 nitrogen and oxygen atoms in total. The van der Waals surface area contributed by atoms with Gasteiger partial charge in [-0.25, -0.2) is 0 Å². The number of aliphatic carboxylic acids is 1. The summed E-state index contributed by atoms with van der Waals surface area (Å²) in [6.45, 7) is 2.09. The van der Waals surface area contributed by atoms with E-state index in [0.717, 1.165) is 16.7 Å². The molecular formula is C22H22NO4S2-. The number of amides is 1. The summed E-state index contributed by atoms with van der Waals surface area (Å²) in [5.41, 5.74) is 0.588. The minimum absolute atomic E-state index is 0.00458. The van der Waals surface area contributed by atoms with Gasteiger partial charge < -0.3 is 14.8 Å². The number of hydrogen-bond acceptors (Lipinski definition) is 6. The Bertz CT molecular complexity index is 860. The van der Waals surface area contributed by atoms with E-state index in [1.807, 2.05) is 36.4 Å². The molecule has 1 amide bonds. The molecule has 1 heterocycles. The van der Waals surface area contributed by atoms with Crippen LogP contribution in [0.1, 0.15) is 23.7 Å². The van der Waals surface area contributed by atoms with Gasteiger partial charge in [0.1, 0.15) is 0 Å². The second-order valence-corrected chi connectivity index (χ2v) is 9.35. The zero-order valence-electron chi connectivity index (χ0n) is 16.0. The molecule has 0 bridgehead atoms. The number of hydrogen-bond donors (Lipinski definition) is 0. The number of carbonyl (C=O) groups is 3. The van der Waals surface area contributed by atoms with Crippen molar-refractivity contribution in [3.63, 3.8) is 0 Å². The van der Waals surface area contributed by atoms with Crippen molar-refractivity contribution in [2.45, 2.75) is 29.5 Å². The van der Waals surface area contributed by atoms with E-state index in [-0.39, 0.29) is 16.3 Å². The topological polar surface area (TPSA) is 77.5 Å². The molecule has 1 aliphatic heterocycles. The Hall–Kier alpha value is -2.25. The zero-order valence-corrected chi connectivity index (χ0v) is 17.7. The number of thioether (sulfide) groups is 2. The average molecular weight is 429 g/mol. The van der Waals surface area contributed by atoms with Crippen molar-refractivity contribution < 1.29 is 19.5 Å². The van der Waals surface area contributed by atoms with Crippen LogP contribution in [0.5, 0.6) is 0 Å². The third kappa shape index (κ3) is 5.64. The normalized spacial score (nSPS) is 19.7. The highest BCUT2D eigenvalue weighted by atomic mass is 32.2. The predicted octanol–water partition coefficient (Wildman–Crippen LogP) is 2.71. The molecule has 0 aliphatic carbocycles. The molecule has 1 aliphatic rings. The maximum absolute atomic E-state index is 12.9. The van der Waals surface area contributed by atoms with Gasteiger partial charge in [-0.15, -0.1) is 11.8 Å². The fourth-order valence-corrected chi connectivity index (χ4v) is 5.31. The molecule has 152 valence electrons.